The van der Waals surface area contributed by atoms with E-state index in [0.717, 1.165) is 15.8 Å². The van der Waals surface area contributed by atoms with E-state index in [1.165, 1.54) is 5.39 Å². The zero-order valence-electron chi connectivity index (χ0n) is 6.69. The number of benzene rings is 1. The van der Waals surface area contributed by atoms with Crippen LogP contribution in [-0.2, 0) is 0 Å². The molecule has 1 heterocycles. The van der Waals surface area contributed by atoms with Gasteiger partial charge in [0, 0.05) is 22.4 Å². The Hall–Kier alpha value is -0.960. The molecule has 0 saturated heterocycles. The molecule has 0 aliphatic carbocycles. The fourth-order valence-electron chi connectivity index (χ4n) is 1.24. The third-order valence-corrected chi connectivity index (χ3v) is 2.35. The Kier molecular flexibility index (Phi) is 1.81. The zero-order chi connectivity index (χ0) is 8.55. The topological polar surface area (TPSA) is 27.8 Å². The van der Waals surface area contributed by atoms with Gasteiger partial charge in [0.25, 0.3) is 0 Å². The largest absolute Gasteiger partial charge is 0.375 e. The average Bonchev–Trinajstić information content (AvgIpc) is 2.46. The number of anilines is 1. The Labute approximate surface area is 79.1 Å². The van der Waals surface area contributed by atoms with Crippen LogP contribution in [0.1, 0.15) is 0 Å². The van der Waals surface area contributed by atoms with Crippen LogP contribution in [0, 0.1) is 0 Å². The fraction of sp³-hybridized carbons (Fsp3) is 0.111. The van der Waals surface area contributed by atoms with E-state index in [-0.39, 0.29) is 0 Å². The first kappa shape index (κ1) is 7.68. The van der Waals surface area contributed by atoms with Gasteiger partial charge in [-0.25, -0.2) is 0 Å². The highest BCUT2D eigenvalue weighted by Crippen LogP contribution is 2.22. The molecule has 0 aliphatic rings. The number of H-pyrrole nitrogens is 1. The Balaban J connectivity index is 2.67. The first-order valence-electron chi connectivity index (χ1n) is 3.75. The minimum absolute atomic E-state index is 1.04. The van der Waals surface area contributed by atoms with Crippen LogP contribution >= 0.6 is 15.9 Å². The second kappa shape index (κ2) is 2.83. The lowest BCUT2D eigenvalue weighted by Crippen LogP contribution is -1.85. The lowest BCUT2D eigenvalue weighted by Gasteiger charge is -1.90. The summed E-state index contributed by atoms with van der Waals surface area (Å²) in [4.78, 5) is 3.24. The number of fused-ring (bicyclic) bond motifs is 1. The molecule has 1 aromatic heterocycles. The van der Waals surface area contributed by atoms with E-state index in [2.05, 4.69) is 44.4 Å². The van der Waals surface area contributed by atoms with Crippen molar-refractivity contribution in [3.8, 4) is 0 Å². The molecule has 3 heteroatoms. The lowest BCUT2D eigenvalue weighted by molar-refractivity contribution is 1.39. The normalized spacial score (nSPS) is 10.5. The van der Waals surface area contributed by atoms with Gasteiger partial charge in [0.05, 0.1) is 0 Å². The molecule has 0 saturated carbocycles. The van der Waals surface area contributed by atoms with Gasteiger partial charge >= 0.3 is 0 Å². The maximum Gasteiger partial charge on any atom is 0.104 e. The summed E-state index contributed by atoms with van der Waals surface area (Å²) in [6.45, 7) is 0. The van der Waals surface area contributed by atoms with E-state index < -0.39 is 0 Å². The molecule has 62 valence electrons. The van der Waals surface area contributed by atoms with Gasteiger partial charge in [-0.15, -0.1) is 0 Å². The van der Waals surface area contributed by atoms with Crippen LogP contribution in [0.25, 0.3) is 10.9 Å². The van der Waals surface area contributed by atoms with E-state index in [1.54, 1.807) is 0 Å². The predicted octanol–water partition coefficient (Wildman–Crippen LogP) is 2.97. The molecule has 2 rings (SSSR count). The van der Waals surface area contributed by atoms with Crippen molar-refractivity contribution in [1.82, 2.24) is 4.98 Å². The highest BCUT2D eigenvalue weighted by molar-refractivity contribution is 9.10. The standard InChI is InChI=1S/C9H9BrN2/c1-11-9-5-6-4-7(10)2-3-8(6)12-9/h2-5,11-12H,1H3. The molecule has 0 atom stereocenters. The van der Waals surface area contributed by atoms with Crippen molar-refractivity contribution < 1.29 is 0 Å². The highest BCUT2D eigenvalue weighted by Gasteiger charge is 1.98. The monoisotopic (exact) mass is 224 g/mol. The molecule has 2 nitrogen and oxygen atoms in total. The number of hydrogen-bond acceptors (Lipinski definition) is 1. The quantitative estimate of drug-likeness (QED) is 0.767. The lowest BCUT2D eigenvalue weighted by atomic mass is 10.2. The van der Waals surface area contributed by atoms with Crippen molar-refractivity contribution in [3.05, 3.63) is 28.7 Å². The number of aromatic nitrogens is 1. The molecule has 2 aromatic rings. The van der Waals surface area contributed by atoms with Gasteiger partial charge in [-0.2, -0.15) is 0 Å². The van der Waals surface area contributed by atoms with Crippen LogP contribution in [0.4, 0.5) is 5.82 Å². The molecule has 0 fully saturated rings. The Morgan fingerprint density at radius 3 is 2.92 bits per heavy atom. The Morgan fingerprint density at radius 1 is 1.33 bits per heavy atom. The van der Waals surface area contributed by atoms with Crippen molar-refractivity contribution in [2.24, 2.45) is 0 Å². The van der Waals surface area contributed by atoms with Gasteiger partial charge in [0.15, 0.2) is 0 Å². The number of rotatable bonds is 1. The van der Waals surface area contributed by atoms with Gasteiger partial charge < -0.3 is 10.3 Å². The third kappa shape index (κ3) is 1.20. The van der Waals surface area contributed by atoms with Gasteiger partial charge in [0.2, 0.25) is 0 Å². The molecule has 0 aliphatic heterocycles. The number of aromatic amines is 1. The number of hydrogen-bond donors (Lipinski definition) is 2. The SMILES string of the molecule is CNc1cc2cc(Br)ccc2[nH]1. The first-order chi connectivity index (χ1) is 5.79. The predicted molar refractivity (Wildman–Crippen MR) is 55.5 cm³/mol. The summed E-state index contributed by atoms with van der Waals surface area (Å²) in [5.74, 6) is 1.04. The van der Waals surface area contributed by atoms with Crippen molar-refractivity contribution in [2.45, 2.75) is 0 Å². The minimum atomic E-state index is 1.04. The van der Waals surface area contributed by atoms with E-state index in [4.69, 9.17) is 0 Å². The molecule has 0 radical (unpaired) electrons. The van der Waals surface area contributed by atoms with Gasteiger partial charge in [-0.3, -0.25) is 0 Å². The van der Waals surface area contributed by atoms with E-state index in [9.17, 15) is 0 Å². The van der Waals surface area contributed by atoms with E-state index in [1.807, 2.05) is 13.1 Å². The number of nitrogens with one attached hydrogen (secondary N) is 2. The second-order valence-electron chi connectivity index (χ2n) is 2.66. The minimum Gasteiger partial charge on any atom is -0.375 e. The third-order valence-electron chi connectivity index (χ3n) is 1.85. The van der Waals surface area contributed by atoms with Crippen LogP contribution in [0.3, 0.4) is 0 Å². The zero-order valence-corrected chi connectivity index (χ0v) is 8.27. The maximum absolute atomic E-state index is 3.43. The van der Waals surface area contributed by atoms with Crippen LogP contribution in [0.2, 0.25) is 0 Å². The fourth-order valence-corrected chi connectivity index (χ4v) is 1.62. The molecular formula is C9H9BrN2. The average molecular weight is 225 g/mol. The molecule has 0 amide bonds. The van der Waals surface area contributed by atoms with Crippen molar-refractivity contribution in [2.75, 3.05) is 12.4 Å². The van der Waals surface area contributed by atoms with Gasteiger partial charge in [0.1, 0.15) is 5.82 Å². The summed E-state index contributed by atoms with van der Waals surface area (Å²) in [5, 5.41) is 4.28. The van der Waals surface area contributed by atoms with Gasteiger partial charge in [-0.1, -0.05) is 15.9 Å². The van der Waals surface area contributed by atoms with Crippen molar-refractivity contribution in [1.29, 1.82) is 0 Å². The summed E-state index contributed by atoms with van der Waals surface area (Å²) in [6, 6.07) is 8.26. The molecule has 0 bridgehead atoms. The van der Waals surface area contributed by atoms with E-state index >= 15 is 0 Å². The van der Waals surface area contributed by atoms with Crippen LogP contribution in [0.15, 0.2) is 28.7 Å². The summed E-state index contributed by atoms with van der Waals surface area (Å²) < 4.78 is 1.11. The van der Waals surface area contributed by atoms with Crippen LogP contribution in [-0.4, -0.2) is 12.0 Å². The Morgan fingerprint density at radius 2 is 2.17 bits per heavy atom. The molecular weight excluding hydrogens is 216 g/mol. The summed E-state index contributed by atoms with van der Waals surface area (Å²) in [6.07, 6.45) is 0. The summed E-state index contributed by atoms with van der Waals surface area (Å²) in [5.41, 5.74) is 1.16. The first-order valence-corrected chi connectivity index (χ1v) is 4.55. The van der Waals surface area contributed by atoms with Crippen molar-refractivity contribution >= 4 is 32.7 Å². The molecule has 12 heavy (non-hydrogen) atoms. The molecule has 1 aromatic carbocycles. The maximum atomic E-state index is 3.43. The molecule has 0 spiro atoms. The number of halogens is 1. The van der Waals surface area contributed by atoms with Crippen LogP contribution in [0.5, 0.6) is 0 Å². The van der Waals surface area contributed by atoms with E-state index in [0.29, 0.717) is 0 Å². The smallest absolute Gasteiger partial charge is 0.104 e. The van der Waals surface area contributed by atoms with Crippen molar-refractivity contribution in [3.63, 3.8) is 0 Å². The highest BCUT2D eigenvalue weighted by atomic mass is 79.9. The van der Waals surface area contributed by atoms with Gasteiger partial charge in [-0.05, 0) is 24.3 Å². The Bertz CT molecular complexity index is 406. The summed E-state index contributed by atoms with van der Waals surface area (Å²) in [7, 11) is 1.90. The van der Waals surface area contributed by atoms with Crippen LogP contribution < -0.4 is 5.32 Å². The summed E-state index contributed by atoms with van der Waals surface area (Å²) >= 11 is 3.43. The molecule has 0 unspecified atom stereocenters. The molecule has 2 N–H and O–H groups in total. The second-order valence-corrected chi connectivity index (χ2v) is 3.58.